The zero-order valence-electron chi connectivity index (χ0n) is 12.3. The highest BCUT2D eigenvalue weighted by molar-refractivity contribution is 7.89. The van der Waals surface area contributed by atoms with Gasteiger partial charge in [-0.15, -0.1) is 0 Å². The Morgan fingerprint density at radius 1 is 1.35 bits per heavy atom. The molecule has 6 heteroatoms. The van der Waals surface area contributed by atoms with E-state index >= 15 is 0 Å². The van der Waals surface area contributed by atoms with Crippen LogP contribution in [-0.2, 0) is 10.0 Å². The number of nitrogens with zero attached hydrogens (tertiary/aromatic N) is 1. The van der Waals surface area contributed by atoms with Crippen LogP contribution in [0.25, 0.3) is 0 Å². The molecule has 0 spiro atoms. The highest BCUT2D eigenvalue weighted by atomic mass is 32.2. The Hall–Kier alpha value is -1.27. The first-order valence-electron chi connectivity index (χ1n) is 6.87. The summed E-state index contributed by atoms with van der Waals surface area (Å²) < 4.78 is 25.5. The quantitative estimate of drug-likeness (QED) is 0.789. The van der Waals surface area contributed by atoms with Gasteiger partial charge in [-0.05, 0) is 42.9 Å². The molecule has 0 saturated heterocycles. The summed E-state index contributed by atoms with van der Waals surface area (Å²) in [6.45, 7) is 3.03. The van der Waals surface area contributed by atoms with E-state index in [1.165, 1.54) is 31.2 Å². The third-order valence-corrected chi connectivity index (χ3v) is 5.98. The van der Waals surface area contributed by atoms with Crippen molar-refractivity contribution in [3.05, 3.63) is 18.2 Å². The van der Waals surface area contributed by atoms with E-state index < -0.39 is 10.0 Å². The summed E-state index contributed by atoms with van der Waals surface area (Å²) in [4.78, 5) is 0.264. The molecule has 1 aliphatic carbocycles. The molecular weight excluding hydrogens is 274 g/mol. The molecule has 0 aromatic heterocycles. The second-order valence-corrected chi connectivity index (χ2v) is 7.90. The zero-order chi connectivity index (χ0) is 15.0. The summed E-state index contributed by atoms with van der Waals surface area (Å²) in [6, 6.07) is 4.81. The predicted octanol–water partition coefficient (Wildman–Crippen LogP) is 2.12. The molecule has 20 heavy (non-hydrogen) atoms. The Bertz CT molecular complexity index is 592. The smallest absolute Gasteiger partial charge is 0.242 e. The fourth-order valence-corrected chi connectivity index (χ4v) is 3.10. The molecule has 0 heterocycles. The van der Waals surface area contributed by atoms with Gasteiger partial charge in [0.25, 0.3) is 0 Å². The van der Waals surface area contributed by atoms with Gasteiger partial charge < -0.3 is 11.1 Å². The highest BCUT2D eigenvalue weighted by Gasteiger charge is 2.40. The molecule has 5 nitrogen and oxygen atoms in total. The average molecular weight is 297 g/mol. The molecule has 1 aliphatic rings. The monoisotopic (exact) mass is 297 g/mol. The number of benzene rings is 1. The molecule has 1 aromatic rings. The first-order chi connectivity index (χ1) is 9.31. The lowest BCUT2D eigenvalue weighted by atomic mass is 10.0. The Kier molecular flexibility index (Phi) is 3.97. The molecule has 112 valence electrons. The molecule has 2 rings (SSSR count). The summed E-state index contributed by atoms with van der Waals surface area (Å²) in [6.07, 6.45) is 3.59. The van der Waals surface area contributed by atoms with Crippen LogP contribution < -0.4 is 11.1 Å². The SMILES string of the molecule is CCC1(CNc2cc(S(=O)(=O)N(C)C)ccc2N)CC1. The minimum Gasteiger partial charge on any atom is -0.397 e. The highest BCUT2D eigenvalue weighted by Crippen LogP contribution is 2.48. The maximum atomic E-state index is 12.1. The molecule has 0 radical (unpaired) electrons. The molecule has 1 aromatic carbocycles. The fraction of sp³-hybridized carbons (Fsp3) is 0.571. The van der Waals surface area contributed by atoms with Crippen molar-refractivity contribution in [3.8, 4) is 0 Å². The van der Waals surface area contributed by atoms with Gasteiger partial charge in [-0.2, -0.15) is 0 Å². The van der Waals surface area contributed by atoms with Gasteiger partial charge in [-0.1, -0.05) is 6.92 Å². The fourth-order valence-electron chi connectivity index (χ4n) is 2.17. The van der Waals surface area contributed by atoms with Crippen LogP contribution in [0.3, 0.4) is 0 Å². The maximum Gasteiger partial charge on any atom is 0.242 e. The van der Waals surface area contributed by atoms with E-state index in [1.807, 2.05) is 0 Å². The number of anilines is 2. The van der Waals surface area contributed by atoms with Crippen LogP contribution in [0.15, 0.2) is 23.1 Å². The number of nitrogen functional groups attached to an aromatic ring is 1. The van der Waals surface area contributed by atoms with Gasteiger partial charge in [0.05, 0.1) is 16.3 Å². The zero-order valence-corrected chi connectivity index (χ0v) is 13.1. The summed E-state index contributed by atoms with van der Waals surface area (Å²) in [5, 5.41) is 3.31. The van der Waals surface area contributed by atoms with Gasteiger partial charge in [0, 0.05) is 20.6 Å². The van der Waals surface area contributed by atoms with Gasteiger partial charge in [0.1, 0.15) is 0 Å². The predicted molar refractivity (Wildman–Crippen MR) is 82.2 cm³/mol. The molecular formula is C14H23N3O2S. The van der Waals surface area contributed by atoms with Crippen molar-refractivity contribution in [2.75, 3.05) is 31.7 Å². The largest absolute Gasteiger partial charge is 0.397 e. The summed E-state index contributed by atoms with van der Waals surface area (Å²) in [5.74, 6) is 0. The van der Waals surface area contributed by atoms with Crippen LogP contribution in [-0.4, -0.2) is 33.4 Å². The third-order valence-electron chi connectivity index (χ3n) is 4.16. The second kappa shape index (κ2) is 5.26. The van der Waals surface area contributed by atoms with E-state index in [1.54, 1.807) is 18.2 Å². The molecule has 0 bridgehead atoms. The van der Waals surface area contributed by atoms with Gasteiger partial charge in [0.2, 0.25) is 10.0 Å². The molecule has 1 saturated carbocycles. The topological polar surface area (TPSA) is 75.4 Å². The van der Waals surface area contributed by atoms with Gasteiger partial charge in [0.15, 0.2) is 0 Å². The summed E-state index contributed by atoms with van der Waals surface area (Å²) >= 11 is 0. The van der Waals surface area contributed by atoms with Crippen molar-refractivity contribution in [1.82, 2.24) is 4.31 Å². The van der Waals surface area contributed by atoms with E-state index in [-0.39, 0.29) is 4.90 Å². The van der Waals surface area contributed by atoms with Crippen LogP contribution in [0.1, 0.15) is 26.2 Å². The molecule has 0 amide bonds. The first kappa shape index (κ1) is 15.1. The standard InChI is InChI=1S/C14H23N3O2S/c1-4-14(7-8-14)10-16-13-9-11(5-6-12(13)15)20(18,19)17(2)3/h5-6,9,16H,4,7-8,10,15H2,1-3H3. The Morgan fingerprint density at radius 3 is 2.50 bits per heavy atom. The minimum atomic E-state index is -3.42. The van der Waals surface area contributed by atoms with Crippen molar-refractivity contribution < 1.29 is 8.42 Å². The lowest BCUT2D eigenvalue weighted by Crippen LogP contribution is -2.22. The van der Waals surface area contributed by atoms with Crippen LogP contribution in [0.4, 0.5) is 11.4 Å². The minimum absolute atomic E-state index is 0.264. The van der Waals surface area contributed by atoms with Gasteiger partial charge in [-0.25, -0.2) is 12.7 Å². The van der Waals surface area contributed by atoms with E-state index in [4.69, 9.17) is 5.73 Å². The lowest BCUT2D eigenvalue weighted by Gasteiger charge is -2.17. The van der Waals surface area contributed by atoms with Crippen LogP contribution in [0.5, 0.6) is 0 Å². The number of nitrogens with one attached hydrogen (secondary N) is 1. The Morgan fingerprint density at radius 2 is 2.00 bits per heavy atom. The van der Waals surface area contributed by atoms with Crippen molar-refractivity contribution in [2.45, 2.75) is 31.1 Å². The summed E-state index contributed by atoms with van der Waals surface area (Å²) in [7, 11) is -0.376. The number of nitrogens with two attached hydrogens (primary N) is 1. The number of rotatable bonds is 6. The normalized spacial score (nSPS) is 17.2. The van der Waals surface area contributed by atoms with Crippen LogP contribution in [0.2, 0.25) is 0 Å². The second-order valence-electron chi connectivity index (χ2n) is 5.74. The van der Waals surface area contributed by atoms with E-state index in [0.717, 1.165) is 13.0 Å². The number of hydrogen-bond acceptors (Lipinski definition) is 4. The van der Waals surface area contributed by atoms with Gasteiger partial charge in [-0.3, -0.25) is 0 Å². The van der Waals surface area contributed by atoms with E-state index in [0.29, 0.717) is 16.8 Å². The average Bonchev–Trinajstić information content (AvgIpc) is 3.18. The number of hydrogen-bond donors (Lipinski definition) is 2. The molecule has 3 N–H and O–H groups in total. The first-order valence-corrected chi connectivity index (χ1v) is 8.31. The maximum absolute atomic E-state index is 12.1. The Labute approximate surface area is 121 Å². The van der Waals surface area contributed by atoms with Crippen LogP contribution in [0, 0.1) is 5.41 Å². The summed E-state index contributed by atoms with van der Waals surface area (Å²) in [5.41, 5.74) is 7.59. The van der Waals surface area contributed by atoms with E-state index in [9.17, 15) is 8.42 Å². The van der Waals surface area contributed by atoms with Gasteiger partial charge >= 0.3 is 0 Å². The molecule has 0 atom stereocenters. The number of sulfonamides is 1. The van der Waals surface area contributed by atoms with Crippen molar-refractivity contribution in [2.24, 2.45) is 5.41 Å². The van der Waals surface area contributed by atoms with Crippen LogP contribution >= 0.6 is 0 Å². The van der Waals surface area contributed by atoms with Crippen molar-refractivity contribution >= 4 is 21.4 Å². The molecule has 1 fully saturated rings. The molecule has 0 unspecified atom stereocenters. The van der Waals surface area contributed by atoms with Crippen molar-refractivity contribution in [3.63, 3.8) is 0 Å². The third kappa shape index (κ3) is 2.91. The van der Waals surface area contributed by atoms with E-state index in [2.05, 4.69) is 12.2 Å². The molecule has 0 aliphatic heterocycles. The lowest BCUT2D eigenvalue weighted by molar-refractivity contribution is 0.519. The van der Waals surface area contributed by atoms with Crippen molar-refractivity contribution in [1.29, 1.82) is 0 Å². The Balaban J connectivity index is 2.21.